The largest absolute Gasteiger partial charge is 0.406 e. The molecule has 1 rings (SSSR count). The maximum absolute atomic E-state index is 12.4. The topological polar surface area (TPSA) is 40.5 Å². The van der Waals surface area contributed by atoms with Crippen LogP contribution in [0.5, 0.6) is 0 Å². The molecular weight excluding hydrogens is 351 g/mol. The number of amides is 1. The van der Waals surface area contributed by atoms with E-state index in [2.05, 4.69) is 15.9 Å². The van der Waals surface area contributed by atoms with Crippen molar-refractivity contribution in [3.05, 3.63) is 39.9 Å². The minimum Gasteiger partial charge on any atom is -0.395 e. The lowest BCUT2D eigenvalue weighted by atomic mass is 10.1. The van der Waals surface area contributed by atoms with Gasteiger partial charge in [0.25, 0.3) is 0 Å². The van der Waals surface area contributed by atoms with Crippen molar-refractivity contribution in [3.8, 4) is 0 Å². The number of aliphatic hydroxyl groups is 1. The first-order valence-electron chi connectivity index (χ1n) is 6.13. The van der Waals surface area contributed by atoms with E-state index in [0.717, 1.165) is 16.1 Å². The Kier molecular flexibility index (Phi) is 6.42. The third-order valence-corrected chi connectivity index (χ3v) is 3.30. The third kappa shape index (κ3) is 6.31. The van der Waals surface area contributed by atoms with Gasteiger partial charge in [-0.25, -0.2) is 0 Å². The van der Waals surface area contributed by atoms with E-state index >= 15 is 0 Å². The van der Waals surface area contributed by atoms with Gasteiger partial charge in [-0.15, -0.1) is 0 Å². The van der Waals surface area contributed by atoms with E-state index in [1.807, 2.05) is 19.1 Å². The van der Waals surface area contributed by atoms with Crippen LogP contribution in [0.3, 0.4) is 0 Å². The molecule has 21 heavy (non-hydrogen) atoms. The van der Waals surface area contributed by atoms with Crippen LogP contribution in [0.25, 0.3) is 6.08 Å². The minimum absolute atomic E-state index is 0.363. The number of hydrogen-bond acceptors (Lipinski definition) is 2. The molecule has 0 aliphatic carbocycles. The van der Waals surface area contributed by atoms with Crippen LogP contribution in [0.2, 0.25) is 0 Å². The fourth-order valence-corrected chi connectivity index (χ4v) is 2.26. The summed E-state index contributed by atoms with van der Waals surface area (Å²) in [5.74, 6) is -0.797. The van der Waals surface area contributed by atoms with Crippen LogP contribution in [0.4, 0.5) is 13.2 Å². The first-order valence-corrected chi connectivity index (χ1v) is 6.93. The molecule has 0 aromatic heterocycles. The summed E-state index contributed by atoms with van der Waals surface area (Å²) in [4.78, 5) is 12.3. The molecule has 0 bridgehead atoms. The molecule has 0 saturated heterocycles. The second kappa shape index (κ2) is 7.61. The number of aliphatic hydroxyl groups excluding tert-OH is 1. The van der Waals surface area contributed by atoms with Crippen LogP contribution in [0, 0.1) is 6.92 Å². The highest BCUT2D eigenvalue weighted by atomic mass is 79.9. The molecule has 1 amide bonds. The fourth-order valence-electron chi connectivity index (χ4n) is 1.64. The highest BCUT2D eigenvalue weighted by Gasteiger charge is 2.32. The van der Waals surface area contributed by atoms with E-state index < -0.39 is 25.2 Å². The molecule has 0 fully saturated rings. The molecule has 0 spiro atoms. The Bertz CT molecular complexity index is 529. The molecule has 7 heteroatoms. The number of rotatable bonds is 5. The highest BCUT2D eigenvalue weighted by Crippen LogP contribution is 2.20. The van der Waals surface area contributed by atoms with Gasteiger partial charge in [0, 0.05) is 17.1 Å². The number of aryl methyl sites for hydroxylation is 1. The van der Waals surface area contributed by atoms with E-state index in [0.29, 0.717) is 10.5 Å². The van der Waals surface area contributed by atoms with Crippen molar-refractivity contribution < 1.29 is 23.1 Å². The number of nitrogens with zero attached hydrogens (tertiary/aromatic N) is 1. The fraction of sp³-hybridized carbons (Fsp3) is 0.357. The van der Waals surface area contributed by atoms with E-state index in [-0.39, 0.29) is 6.54 Å². The van der Waals surface area contributed by atoms with Crippen LogP contribution < -0.4 is 0 Å². The third-order valence-electron chi connectivity index (χ3n) is 2.61. The number of benzene rings is 1. The molecule has 0 radical (unpaired) electrons. The van der Waals surface area contributed by atoms with Gasteiger partial charge in [-0.05, 0) is 30.2 Å². The average Bonchev–Trinajstić information content (AvgIpc) is 2.35. The SMILES string of the molecule is Cc1ccc(/C=C/C(=O)N(CCO)CC(F)(F)F)c(Br)c1. The lowest BCUT2D eigenvalue weighted by Crippen LogP contribution is -2.39. The average molecular weight is 366 g/mol. The molecule has 0 heterocycles. The maximum atomic E-state index is 12.4. The van der Waals surface area contributed by atoms with Gasteiger partial charge in [0.2, 0.25) is 5.91 Å². The van der Waals surface area contributed by atoms with Crippen LogP contribution >= 0.6 is 15.9 Å². The zero-order chi connectivity index (χ0) is 16.0. The monoisotopic (exact) mass is 365 g/mol. The molecular formula is C14H15BrF3NO2. The van der Waals surface area contributed by atoms with Crippen molar-refractivity contribution in [2.75, 3.05) is 19.7 Å². The van der Waals surface area contributed by atoms with Crippen molar-refractivity contribution in [3.63, 3.8) is 0 Å². The Morgan fingerprint density at radius 2 is 2.10 bits per heavy atom. The smallest absolute Gasteiger partial charge is 0.395 e. The van der Waals surface area contributed by atoms with E-state index in [9.17, 15) is 18.0 Å². The zero-order valence-electron chi connectivity index (χ0n) is 11.3. The molecule has 0 saturated carbocycles. The summed E-state index contributed by atoms with van der Waals surface area (Å²) in [6, 6.07) is 5.42. The molecule has 3 nitrogen and oxygen atoms in total. The quantitative estimate of drug-likeness (QED) is 0.814. The summed E-state index contributed by atoms with van der Waals surface area (Å²) in [5, 5.41) is 8.75. The number of alkyl halides is 3. The van der Waals surface area contributed by atoms with Crippen LogP contribution in [-0.4, -0.2) is 41.8 Å². The lowest BCUT2D eigenvalue weighted by Gasteiger charge is -2.21. The van der Waals surface area contributed by atoms with E-state index in [1.54, 1.807) is 6.07 Å². The molecule has 1 aromatic rings. The van der Waals surface area contributed by atoms with E-state index in [4.69, 9.17) is 5.11 Å². The van der Waals surface area contributed by atoms with Crippen LogP contribution in [-0.2, 0) is 4.79 Å². The summed E-state index contributed by atoms with van der Waals surface area (Å²) < 4.78 is 37.8. The van der Waals surface area contributed by atoms with Crippen molar-refractivity contribution >= 4 is 27.9 Å². The Labute approximate surface area is 129 Å². The lowest BCUT2D eigenvalue weighted by molar-refractivity contribution is -0.158. The Morgan fingerprint density at radius 3 is 2.62 bits per heavy atom. The Balaban J connectivity index is 2.82. The first kappa shape index (κ1) is 17.7. The first-order chi connectivity index (χ1) is 9.73. The summed E-state index contributed by atoms with van der Waals surface area (Å²) in [6.45, 7) is -0.372. The predicted octanol–water partition coefficient (Wildman–Crippen LogP) is 3.15. The van der Waals surface area contributed by atoms with E-state index in [1.165, 1.54) is 6.08 Å². The van der Waals surface area contributed by atoms with Gasteiger partial charge in [0.15, 0.2) is 0 Å². The van der Waals surface area contributed by atoms with Gasteiger partial charge in [-0.3, -0.25) is 4.79 Å². The summed E-state index contributed by atoms with van der Waals surface area (Å²) in [6.07, 6.45) is -1.99. The normalized spacial score (nSPS) is 11.9. The molecule has 0 atom stereocenters. The number of halogens is 4. The van der Waals surface area contributed by atoms with Crippen molar-refractivity contribution in [1.29, 1.82) is 0 Å². The molecule has 116 valence electrons. The Morgan fingerprint density at radius 1 is 1.43 bits per heavy atom. The molecule has 0 aliphatic heterocycles. The zero-order valence-corrected chi connectivity index (χ0v) is 12.9. The molecule has 1 N–H and O–H groups in total. The van der Waals surface area contributed by atoms with Crippen LogP contribution in [0.1, 0.15) is 11.1 Å². The second-order valence-electron chi connectivity index (χ2n) is 4.46. The van der Waals surface area contributed by atoms with Crippen LogP contribution in [0.15, 0.2) is 28.7 Å². The molecule has 0 unspecified atom stereocenters. The maximum Gasteiger partial charge on any atom is 0.406 e. The van der Waals surface area contributed by atoms with Crippen molar-refractivity contribution in [2.45, 2.75) is 13.1 Å². The summed E-state index contributed by atoms with van der Waals surface area (Å²) >= 11 is 3.32. The summed E-state index contributed by atoms with van der Waals surface area (Å²) in [7, 11) is 0. The Hall–Kier alpha value is -1.34. The standard InChI is InChI=1S/C14H15BrF3NO2/c1-10-2-3-11(12(15)8-10)4-5-13(21)19(6-7-20)9-14(16,17)18/h2-5,8,20H,6-7,9H2,1H3/b5-4+. The van der Waals surface area contributed by atoms with Gasteiger partial charge >= 0.3 is 6.18 Å². The highest BCUT2D eigenvalue weighted by molar-refractivity contribution is 9.10. The van der Waals surface area contributed by atoms with Gasteiger partial charge in [0.05, 0.1) is 6.61 Å². The van der Waals surface area contributed by atoms with Gasteiger partial charge in [0.1, 0.15) is 6.54 Å². The predicted molar refractivity (Wildman–Crippen MR) is 77.6 cm³/mol. The van der Waals surface area contributed by atoms with Gasteiger partial charge < -0.3 is 10.0 Å². The van der Waals surface area contributed by atoms with Crippen molar-refractivity contribution in [1.82, 2.24) is 4.90 Å². The number of carbonyl (C=O) groups excluding carboxylic acids is 1. The molecule has 1 aromatic carbocycles. The minimum atomic E-state index is -4.50. The van der Waals surface area contributed by atoms with Gasteiger partial charge in [-0.1, -0.05) is 28.1 Å². The second-order valence-corrected chi connectivity index (χ2v) is 5.31. The summed E-state index contributed by atoms with van der Waals surface area (Å²) in [5.41, 5.74) is 1.70. The number of carbonyl (C=O) groups is 1. The molecule has 0 aliphatic rings. The van der Waals surface area contributed by atoms with Gasteiger partial charge in [-0.2, -0.15) is 13.2 Å². The van der Waals surface area contributed by atoms with Crippen molar-refractivity contribution in [2.24, 2.45) is 0 Å². The number of hydrogen-bond donors (Lipinski definition) is 1.